The normalized spacial score (nSPS) is 14.4. The zero-order chi connectivity index (χ0) is 29.6. The molecule has 0 fully saturated rings. The Morgan fingerprint density at radius 2 is 1.76 bits per heavy atom. The smallest absolute Gasteiger partial charge is 0.338 e. The molecular weight excluding hydrogens is 552 g/mol. The van der Waals surface area contributed by atoms with Crippen molar-refractivity contribution in [2.75, 3.05) is 27.4 Å². The molecule has 0 radical (unpaired) electrons. The number of rotatable bonds is 9. The number of hydrogen-bond acceptors (Lipinski definition) is 8. The van der Waals surface area contributed by atoms with Gasteiger partial charge >= 0.3 is 5.97 Å². The first-order valence-corrected chi connectivity index (χ1v) is 14.0. The van der Waals surface area contributed by atoms with Gasteiger partial charge in [0.2, 0.25) is 0 Å². The summed E-state index contributed by atoms with van der Waals surface area (Å²) in [5.74, 6) is 3.42. The van der Waals surface area contributed by atoms with Gasteiger partial charge in [-0.2, -0.15) is 0 Å². The van der Waals surface area contributed by atoms with Crippen molar-refractivity contribution >= 4 is 29.1 Å². The van der Waals surface area contributed by atoms with Crippen LogP contribution in [0.25, 0.3) is 11.8 Å². The summed E-state index contributed by atoms with van der Waals surface area (Å²) in [5.41, 5.74) is 2.39. The van der Waals surface area contributed by atoms with Crippen LogP contribution in [0.4, 0.5) is 0 Å². The molecular formula is C33H28N2O6S. The highest BCUT2D eigenvalue weighted by Crippen LogP contribution is 2.38. The van der Waals surface area contributed by atoms with Gasteiger partial charge in [0.15, 0.2) is 16.3 Å². The SMILES string of the molecule is C#CCOc1ccccc1/C=c1\sc2n(c1=O)[C@@H](c1ccc(OC)c(OC)c1)C(C(=O)OCC)=C(c1ccccc1)N=2. The lowest BCUT2D eigenvalue weighted by Gasteiger charge is -2.26. The van der Waals surface area contributed by atoms with Gasteiger partial charge in [-0.1, -0.05) is 71.9 Å². The van der Waals surface area contributed by atoms with E-state index in [0.29, 0.717) is 43.4 Å². The fourth-order valence-electron chi connectivity index (χ4n) is 4.77. The number of benzene rings is 3. The molecule has 1 aliphatic rings. The molecule has 9 heteroatoms. The van der Waals surface area contributed by atoms with E-state index in [2.05, 4.69) is 5.92 Å². The van der Waals surface area contributed by atoms with Crippen LogP contribution in [0.1, 0.15) is 29.7 Å². The molecule has 0 N–H and O–H groups in total. The number of carbonyl (C=O) groups excluding carboxylic acids is 1. The Bertz CT molecular complexity index is 1880. The van der Waals surface area contributed by atoms with E-state index < -0.39 is 12.0 Å². The number of hydrogen-bond donors (Lipinski definition) is 0. The van der Waals surface area contributed by atoms with Gasteiger partial charge in [-0.25, -0.2) is 9.79 Å². The fraction of sp³-hybridized carbons (Fsp3) is 0.182. The van der Waals surface area contributed by atoms with Crippen molar-refractivity contribution in [2.45, 2.75) is 13.0 Å². The Kier molecular flexibility index (Phi) is 8.55. The summed E-state index contributed by atoms with van der Waals surface area (Å²) in [6.45, 7) is 1.98. The van der Waals surface area contributed by atoms with Crippen LogP contribution < -0.4 is 29.1 Å². The van der Waals surface area contributed by atoms with Crippen molar-refractivity contribution in [1.82, 2.24) is 4.57 Å². The Labute approximate surface area is 246 Å². The van der Waals surface area contributed by atoms with E-state index in [1.807, 2.05) is 48.5 Å². The van der Waals surface area contributed by atoms with E-state index >= 15 is 0 Å². The summed E-state index contributed by atoms with van der Waals surface area (Å²) in [7, 11) is 3.08. The molecule has 5 rings (SSSR count). The number of aromatic nitrogens is 1. The fourth-order valence-corrected chi connectivity index (χ4v) is 5.76. The van der Waals surface area contributed by atoms with E-state index in [4.69, 9.17) is 30.4 Å². The molecule has 212 valence electrons. The quantitative estimate of drug-likeness (QED) is 0.220. The average Bonchev–Trinajstić information content (AvgIpc) is 3.34. The van der Waals surface area contributed by atoms with Crippen LogP contribution in [0.5, 0.6) is 17.2 Å². The number of ether oxygens (including phenoxy) is 4. The summed E-state index contributed by atoms with van der Waals surface area (Å²) in [5, 5.41) is 0. The third-order valence-electron chi connectivity index (χ3n) is 6.61. The van der Waals surface area contributed by atoms with Crippen LogP contribution >= 0.6 is 11.3 Å². The van der Waals surface area contributed by atoms with E-state index in [-0.39, 0.29) is 24.3 Å². The van der Waals surface area contributed by atoms with Crippen LogP contribution in [0, 0.1) is 12.3 Å². The summed E-state index contributed by atoms with van der Waals surface area (Å²) >= 11 is 1.22. The summed E-state index contributed by atoms with van der Waals surface area (Å²) in [6.07, 6.45) is 7.14. The molecule has 1 aliphatic heterocycles. The van der Waals surface area contributed by atoms with Crippen molar-refractivity contribution in [3.8, 4) is 29.6 Å². The Morgan fingerprint density at radius 1 is 1.02 bits per heavy atom. The lowest BCUT2D eigenvalue weighted by molar-refractivity contribution is -0.138. The van der Waals surface area contributed by atoms with Gasteiger partial charge in [0, 0.05) is 11.1 Å². The maximum atomic E-state index is 14.2. The predicted molar refractivity (Wildman–Crippen MR) is 161 cm³/mol. The summed E-state index contributed by atoms with van der Waals surface area (Å²) in [6, 6.07) is 21.1. The topological polar surface area (TPSA) is 88.3 Å². The molecule has 0 aliphatic carbocycles. The second-order valence-electron chi connectivity index (χ2n) is 9.08. The largest absolute Gasteiger partial charge is 0.493 e. The van der Waals surface area contributed by atoms with Gasteiger partial charge in [-0.05, 0) is 36.8 Å². The van der Waals surface area contributed by atoms with Gasteiger partial charge < -0.3 is 18.9 Å². The number of methoxy groups -OCH3 is 2. The second kappa shape index (κ2) is 12.6. The Balaban J connectivity index is 1.82. The zero-order valence-electron chi connectivity index (χ0n) is 23.3. The lowest BCUT2D eigenvalue weighted by Crippen LogP contribution is -2.40. The van der Waals surface area contributed by atoms with E-state index in [0.717, 1.165) is 5.56 Å². The van der Waals surface area contributed by atoms with Crippen LogP contribution in [0.3, 0.4) is 0 Å². The van der Waals surface area contributed by atoms with E-state index in [9.17, 15) is 9.59 Å². The summed E-state index contributed by atoms with van der Waals surface area (Å²) in [4.78, 5) is 33.1. The maximum absolute atomic E-state index is 14.2. The molecule has 0 bridgehead atoms. The van der Waals surface area contributed by atoms with Gasteiger partial charge in [0.25, 0.3) is 5.56 Å². The molecule has 0 saturated carbocycles. The molecule has 0 amide bonds. The molecule has 42 heavy (non-hydrogen) atoms. The molecule has 1 aromatic heterocycles. The molecule has 4 aromatic rings. The number of fused-ring (bicyclic) bond motifs is 1. The molecule has 0 spiro atoms. The first kappa shape index (κ1) is 28.5. The predicted octanol–water partition coefficient (Wildman–Crippen LogP) is 3.96. The lowest BCUT2D eigenvalue weighted by atomic mass is 9.93. The number of esters is 1. The number of terminal acetylenes is 1. The molecule has 3 aromatic carbocycles. The summed E-state index contributed by atoms with van der Waals surface area (Å²) < 4.78 is 24.2. The minimum absolute atomic E-state index is 0.0920. The maximum Gasteiger partial charge on any atom is 0.338 e. The number of nitrogens with zero attached hydrogens (tertiary/aromatic N) is 2. The molecule has 0 unspecified atom stereocenters. The van der Waals surface area contributed by atoms with Crippen LogP contribution in [-0.4, -0.2) is 38.0 Å². The molecule has 0 saturated heterocycles. The number of thiazole rings is 1. The molecule has 2 heterocycles. The Morgan fingerprint density at radius 3 is 2.48 bits per heavy atom. The monoisotopic (exact) mass is 580 g/mol. The highest BCUT2D eigenvalue weighted by atomic mass is 32.1. The first-order valence-electron chi connectivity index (χ1n) is 13.2. The van der Waals surface area contributed by atoms with Crippen molar-refractivity contribution in [1.29, 1.82) is 0 Å². The minimum Gasteiger partial charge on any atom is -0.493 e. The minimum atomic E-state index is -0.856. The van der Waals surface area contributed by atoms with Gasteiger partial charge in [-0.15, -0.1) is 6.42 Å². The van der Waals surface area contributed by atoms with Crippen molar-refractivity contribution in [3.05, 3.63) is 115 Å². The second-order valence-corrected chi connectivity index (χ2v) is 10.1. The highest BCUT2D eigenvalue weighted by Gasteiger charge is 2.35. The zero-order valence-corrected chi connectivity index (χ0v) is 24.1. The number of carbonyl (C=O) groups is 1. The van der Waals surface area contributed by atoms with Crippen molar-refractivity contribution in [3.63, 3.8) is 0 Å². The first-order chi connectivity index (χ1) is 20.5. The van der Waals surface area contributed by atoms with Gasteiger partial charge in [0.1, 0.15) is 12.4 Å². The van der Waals surface area contributed by atoms with Crippen LogP contribution in [-0.2, 0) is 9.53 Å². The van der Waals surface area contributed by atoms with E-state index in [1.54, 1.807) is 44.4 Å². The van der Waals surface area contributed by atoms with E-state index in [1.165, 1.54) is 23.0 Å². The Hall–Kier alpha value is -5.07. The van der Waals surface area contributed by atoms with Crippen molar-refractivity contribution < 1.29 is 23.7 Å². The van der Waals surface area contributed by atoms with Gasteiger partial charge in [-0.3, -0.25) is 9.36 Å². The third-order valence-corrected chi connectivity index (χ3v) is 7.60. The third kappa shape index (κ3) is 5.45. The molecule has 8 nitrogen and oxygen atoms in total. The number of para-hydroxylation sites is 1. The standard InChI is InChI=1S/C33H28N2O6S/c1-5-18-41-24-15-11-10-14-22(24)20-27-31(36)35-30(23-16-17-25(38-3)26(19-23)39-4)28(32(37)40-6-2)29(34-33(35)42-27)21-12-8-7-9-13-21/h1,7-17,19-20,30H,6,18H2,2-4H3/b27-20-/t30-/m0/s1. The van der Waals surface area contributed by atoms with Crippen LogP contribution in [0.2, 0.25) is 0 Å². The molecule has 1 atom stereocenters. The van der Waals surface area contributed by atoms with Crippen LogP contribution in [0.15, 0.2) is 88.2 Å². The van der Waals surface area contributed by atoms with Crippen molar-refractivity contribution in [2.24, 2.45) is 4.99 Å². The highest BCUT2D eigenvalue weighted by molar-refractivity contribution is 7.07. The van der Waals surface area contributed by atoms with Gasteiger partial charge in [0.05, 0.1) is 42.7 Å². The average molecular weight is 581 g/mol.